The van der Waals surface area contributed by atoms with Gasteiger partial charge in [-0.15, -0.1) is 0 Å². The fourth-order valence-electron chi connectivity index (χ4n) is 3.08. The molecule has 0 radical (unpaired) electrons. The molecule has 0 saturated heterocycles. The van der Waals surface area contributed by atoms with Gasteiger partial charge in [-0.2, -0.15) is 0 Å². The third kappa shape index (κ3) is 2.83. The standard InChI is InChI=1S/C21H14N4O2/c26-18-11-20(25-15-5-6-17-13(9-15)3-1-7-22-17)27-19(18)10-14-12-24-21-16(14)4-2-8-23-21/h1-12,25H,(H,23,24)/b19-10-. The van der Waals surface area contributed by atoms with E-state index in [4.69, 9.17) is 4.74 Å². The minimum absolute atomic E-state index is 0.182. The Bertz CT molecular complexity index is 1250. The molecule has 0 fully saturated rings. The molecule has 130 valence electrons. The highest BCUT2D eigenvalue weighted by Crippen LogP contribution is 2.26. The molecule has 27 heavy (non-hydrogen) atoms. The molecule has 1 aliphatic rings. The number of nitrogens with one attached hydrogen (secondary N) is 2. The first-order chi connectivity index (χ1) is 13.3. The molecule has 1 aliphatic heterocycles. The Morgan fingerprint density at radius 1 is 1.07 bits per heavy atom. The Morgan fingerprint density at radius 2 is 1.96 bits per heavy atom. The summed E-state index contributed by atoms with van der Waals surface area (Å²) in [7, 11) is 0. The second-order valence-corrected chi connectivity index (χ2v) is 6.16. The Balaban J connectivity index is 1.39. The molecule has 6 nitrogen and oxygen atoms in total. The van der Waals surface area contributed by atoms with Crippen LogP contribution in [0.15, 0.2) is 78.8 Å². The number of ketones is 1. The van der Waals surface area contributed by atoms with E-state index in [1.807, 2.05) is 48.7 Å². The number of hydrogen-bond acceptors (Lipinski definition) is 5. The van der Waals surface area contributed by atoms with Crippen LogP contribution in [0.25, 0.3) is 28.0 Å². The molecule has 5 rings (SSSR count). The number of nitrogens with zero attached hydrogens (tertiary/aromatic N) is 2. The summed E-state index contributed by atoms with van der Waals surface area (Å²) in [5, 5.41) is 5.08. The third-order valence-electron chi connectivity index (χ3n) is 4.37. The first-order valence-electron chi connectivity index (χ1n) is 8.46. The molecule has 6 heteroatoms. The van der Waals surface area contributed by atoms with Gasteiger partial charge in [-0.3, -0.25) is 9.78 Å². The number of allylic oxidation sites excluding steroid dienone is 1. The van der Waals surface area contributed by atoms with Crippen molar-refractivity contribution in [3.63, 3.8) is 0 Å². The van der Waals surface area contributed by atoms with Crippen LogP contribution in [0.5, 0.6) is 0 Å². The van der Waals surface area contributed by atoms with Crippen molar-refractivity contribution in [1.82, 2.24) is 15.0 Å². The molecule has 0 amide bonds. The fourth-order valence-corrected chi connectivity index (χ4v) is 3.08. The van der Waals surface area contributed by atoms with E-state index >= 15 is 0 Å². The van der Waals surface area contributed by atoms with E-state index in [0.717, 1.165) is 33.2 Å². The maximum Gasteiger partial charge on any atom is 0.226 e. The maximum absolute atomic E-state index is 12.3. The largest absolute Gasteiger partial charge is 0.437 e. The van der Waals surface area contributed by atoms with Gasteiger partial charge in [-0.25, -0.2) is 4.98 Å². The minimum Gasteiger partial charge on any atom is -0.437 e. The van der Waals surface area contributed by atoms with Crippen LogP contribution in [0.2, 0.25) is 0 Å². The normalized spacial score (nSPS) is 15.3. The monoisotopic (exact) mass is 354 g/mol. The van der Waals surface area contributed by atoms with Crippen molar-refractivity contribution in [2.75, 3.05) is 5.32 Å². The van der Waals surface area contributed by atoms with Gasteiger partial charge in [0.15, 0.2) is 5.76 Å². The lowest BCUT2D eigenvalue weighted by Crippen LogP contribution is -1.99. The van der Waals surface area contributed by atoms with E-state index in [2.05, 4.69) is 20.3 Å². The number of benzene rings is 1. The van der Waals surface area contributed by atoms with Gasteiger partial charge in [0, 0.05) is 40.6 Å². The van der Waals surface area contributed by atoms with Gasteiger partial charge in [-0.1, -0.05) is 6.07 Å². The van der Waals surface area contributed by atoms with Crippen molar-refractivity contribution < 1.29 is 9.53 Å². The molecule has 4 aromatic rings. The van der Waals surface area contributed by atoms with Gasteiger partial charge in [0.2, 0.25) is 11.7 Å². The van der Waals surface area contributed by atoms with Crippen molar-refractivity contribution >= 4 is 39.5 Å². The first-order valence-corrected chi connectivity index (χ1v) is 8.46. The lowest BCUT2D eigenvalue weighted by atomic mass is 10.2. The van der Waals surface area contributed by atoms with Gasteiger partial charge in [0.25, 0.3) is 0 Å². The van der Waals surface area contributed by atoms with E-state index in [1.165, 1.54) is 6.08 Å². The van der Waals surface area contributed by atoms with Gasteiger partial charge in [0.05, 0.1) is 11.6 Å². The minimum atomic E-state index is -0.182. The Labute approximate surface area is 154 Å². The number of carbonyl (C=O) groups is 1. The Kier molecular flexibility index (Phi) is 3.47. The molecule has 0 unspecified atom stereocenters. The molecule has 0 aliphatic carbocycles. The average Bonchev–Trinajstić information content (AvgIpc) is 3.25. The number of aromatic nitrogens is 3. The molecule has 0 bridgehead atoms. The van der Waals surface area contributed by atoms with Crippen LogP contribution in [0.1, 0.15) is 5.56 Å². The molecule has 3 aromatic heterocycles. The lowest BCUT2D eigenvalue weighted by molar-refractivity contribution is -0.112. The van der Waals surface area contributed by atoms with Crippen LogP contribution in [0.3, 0.4) is 0 Å². The van der Waals surface area contributed by atoms with Crippen LogP contribution >= 0.6 is 0 Å². The van der Waals surface area contributed by atoms with E-state index in [-0.39, 0.29) is 11.5 Å². The smallest absolute Gasteiger partial charge is 0.226 e. The number of rotatable bonds is 3. The van der Waals surface area contributed by atoms with Crippen molar-refractivity contribution in [3.05, 3.63) is 84.3 Å². The maximum atomic E-state index is 12.3. The van der Waals surface area contributed by atoms with Gasteiger partial charge in [0.1, 0.15) is 5.65 Å². The summed E-state index contributed by atoms with van der Waals surface area (Å²) in [6.07, 6.45) is 8.46. The first kappa shape index (κ1) is 15.3. The van der Waals surface area contributed by atoms with E-state index < -0.39 is 0 Å². The SMILES string of the molecule is O=C1C=C(Nc2ccc3ncccc3c2)O/C1=C\c1c[nH]c2ncccc12. The number of H-pyrrole nitrogens is 1. The zero-order valence-electron chi connectivity index (χ0n) is 14.1. The summed E-state index contributed by atoms with van der Waals surface area (Å²) in [5.41, 5.74) is 3.36. The highest BCUT2D eigenvalue weighted by Gasteiger charge is 2.21. The summed E-state index contributed by atoms with van der Waals surface area (Å²) in [5.74, 6) is 0.482. The molecule has 0 atom stereocenters. The number of pyridine rings is 2. The highest BCUT2D eigenvalue weighted by molar-refractivity contribution is 6.09. The summed E-state index contributed by atoms with van der Waals surface area (Å²) >= 11 is 0. The predicted octanol–water partition coefficient (Wildman–Crippen LogP) is 4.00. The van der Waals surface area contributed by atoms with Crippen molar-refractivity contribution in [2.24, 2.45) is 0 Å². The molecular formula is C21H14N4O2. The van der Waals surface area contributed by atoms with Crippen LogP contribution in [-0.4, -0.2) is 20.7 Å². The summed E-state index contributed by atoms with van der Waals surface area (Å²) in [6.45, 7) is 0. The summed E-state index contributed by atoms with van der Waals surface area (Å²) in [6, 6.07) is 13.5. The van der Waals surface area contributed by atoms with E-state index in [1.54, 1.807) is 18.5 Å². The highest BCUT2D eigenvalue weighted by atomic mass is 16.5. The van der Waals surface area contributed by atoms with Crippen molar-refractivity contribution in [2.45, 2.75) is 0 Å². The molecular weight excluding hydrogens is 340 g/mol. The van der Waals surface area contributed by atoms with Crippen LogP contribution in [0, 0.1) is 0 Å². The van der Waals surface area contributed by atoms with Crippen LogP contribution < -0.4 is 5.32 Å². The van der Waals surface area contributed by atoms with Crippen LogP contribution in [-0.2, 0) is 9.53 Å². The number of aromatic amines is 1. The lowest BCUT2D eigenvalue weighted by Gasteiger charge is -2.08. The van der Waals surface area contributed by atoms with Gasteiger partial charge >= 0.3 is 0 Å². The quantitative estimate of drug-likeness (QED) is 0.544. The van der Waals surface area contributed by atoms with Crippen molar-refractivity contribution in [3.8, 4) is 0 Å². The van der Waals surface area contributed by atoms with E-state index in [9.17, 15) is 4.79 Å². The number of anilines is 1. The molecule has 0 saturated carbocycles. The number of ether oxygens (including phenoxy) is 1. The zero-order valence-corrected chi connectivity index (χ0v) is 14.1. The molecule has 2 N–H and O–H groups in total. The van der Waals surface area contributed by atoms with Crippen LogP contribution in [0.4, 0.5) is 5.69 Å². The Hall–Kier alpha value is -3.93. The molecule has 4 heterocycles. The average molecular weight is 354 g/mol. The fraction of sp³-hybridized carbons (Fsp3) is 0. The number of hydrogen-bond donors (Lipinski definition) is 2. The third-order valence-corrected chi connectivity index (χ3v) is 4.37. The number of fused-ring (bicyclic) bond motifs is 2. The number of carbonyl (C=O) groups excluding carboxylic acids is 1. The zero-order chi connectivity index (χ0) is 18.2. The Morgan fingerprint density at radius 3 is 2.93 bits per heavy atom. The van der Waals surface area contributed by atoms with Gasteiger partial charge in [-0.05, 0) is 42.5 Å². The van der Waals surface area contributed by atoms with Crippen molar-refractivity contribution in [1.29, 1.82) is 0 Å². The van der Waals surface area contributed by atoms with E-state index in [0.29, 0.717) is 5.88 Å². The second-order valence-electron chi connectivity index (χ2n) is 6.16. The molecule has 0 spiro atoms. The topological polar surface area (TPSA) is 79.9 Å². The molecule has 1 aromatic carbocycles. The van der Waals surface area contributed by atoms with Gasteiger partial charge < -0.3 is 15.0 Å². The predicted molar refractivity (Wildman–Crippen MR) is 104 cm³/mol. The second kappa shape index (κ2) is 6.10. The summed E-state index contributed by atoms with van der Waals surface area (Å²) < 4.78 is 5.72. The summed E-state index contributed by atoms with van der Waals surface area (Å²) in [4.78, 5) is 23.9.